The number of carbonyl (C=O) groups excluding carboxylic acids is 1. The van der Waals surface area contributed by atoms with Gasteiger partial charge in [-0.2, -0.15) is 20.1 Å². The molecule has 0 saturated heterocycles. The number of hydrogen-bond acceptors (Lipinski definition) is 6. The number of carbonyl (C=O) groups is 1. The minimum atomic E-state index is -0.972. The van der Waals surface area contributed by atoms with Gasteiger partial charge in [0, 0.05) is 25.7 Å². The van der Waals surface area contributed by atoms with Gasteiger partial charge < -0.3 is 16.2 Å². The smallest absolute Gasteiger partial charge is 0.261 e. The summed E-state index contributed by atoms with van der Waals surface area (Å²) >= 11 is 5.84. The van der Waals surface area contributed by atoms with Crippen LogP contribution in [0.3, 0.4) is 0 Å². The van der Waals surface area contributed by atoms with Gasteiger partial charge >= 0.3 is 0 Å². The summed E-state index contributed by atoms with van der Waals surface area (Å²) in [5.74, 6) is -0.0769. The van der Waals surface area contributed by atoms with Crippen molar-refractivity contribution in [1.29, 1.82) is 0 Å². The van der Waals surface area contributed by atoms with Crippen molar-refractivity contribution in [2.24, 2.45) is 25.9 Å². The maximum absolute atomic E-state index is 13.5. The molecule has 2 aromatic heterocycles. The highest BCUT2D eigenvalue weighted by Crippen LogP contribution is 2.56. The van der Waals surface area contributed by atoms with Gasteiger partial charge in [0.15, 0.2) is 0 Å². The lowest BCUT2D eigenvalue weighted by Crippen LogP contribution is -2.24. The lowest BCUT2D eigenvalue weighted by Gasteiger charge is -2.22. The third-order valence-corrected chi connectivity index (χ3v) is 7.32. The maximum atomic E-state index is 13.5. The lowest BCUT2D eigenvalue weighted by molar-refractivity contribution is 0.0295. The molecule has 0 radical (unpaired) electrons. The van der Waals surface area contributed by atoms with Gasteiger partial charge in [0.2, 0.25) is 0 Å². The standard InChI is InChI=1S/C22H25ClFN7O2/c1-30-20(25)18(21(32)27-14-3-4-16(24)15(23)7-14)19(29-30)11-5-12-8-22(33,9-13(12)6-11)17-10-26-31(2)28-17/h3-4,7,10-13,33H,5-6,8-9,25H2,1-2H3,(H,27,32). The van der Waals surface area contributed by atoms with E-state index in [1.165, 1.54) is 27.7 Å². The van der Waals surface area contributed by atoms with Gasteiger partial charge in [-0.05, 0) is 55.7 Å². The van der Waals surface area contributed by atoms with Gasteiger partial charge in [-0.25, -0.2) is 4.39 Å². The Morgan fingerprint density at radius 1 is 1.27 bits per heavy atom. The molecule has 9 nitrogen and oxygen atoms in total. The Balaban J connectivity index is 1.36. The molecule has 2 aliphatic carbocycles. The first-order valence-corrected chi connectivity index (χ1v) is 11.2. The van der Waals surface area contributed by atoms with E-state index in [1.54, 1.807) is 20.3 Å². The predicted octanol–water partition coefficient (Wildman–Crippen LogP) is 2.97. The van der Waals surface area contributed by atoms with Gasteiger partial charge in [-0.15, -0.1) is 0 Å². The van der Waals surface area contributed by atoms with Crippen molar-refractivity contribution in [3.8, 4) is 0 Å². The Labute approximate surface area is 194 Å². The number of aliphatic hydroxyl groups is 1. The van der Waals surface area contributed by atoms with E-state index in [0.29, 0.717) is 35.5 Å². The van der Waals surface area contributed by atoms with E-state index in [1.807, 2.05) is 0 Å². The zero-order chi connectivity index (χ0) is 23.5. The number of anilines is 2. The number of aryl methyl sites for hydroxylation is 2. The van der Waals surface area contributed by atoms with Crippen LogP contribution in [0.25, 0.3) is 0 Å². The van der Waals surface area contributed by atoms with Crippen molar-refractivity contribution in [3.05, 3.63) is 52.2 Å². The van der Waals surface area contributed by atoms with Gasteiger partial charge in [0.1, 0.15) is 28.5 Å². The molecule has 2 unspecified atom stereocenters. The number of fused-ring (bicyclic) bond motifs is 1. The Morgan fingerprint density at radius 2 is 1.97 bits per heavy atom. The van der Waals surface area contributed by atoms with Crippen LogP contribution in [0.1, 0.15) is 53.3 Å². The van der Waals surface area contributed by atoms with Gasteiger partial charge in [-0.1, -0.05) is 11.6 Å². The summed E-state index contributed by atoms with van der Waals surface area (Å²) in [6.45, 7) is 0. The van der Waals surface area contributed by atoms with E-state index in [-0.39, 0.29) is 28.6 Å². The monoisotopic (exact) mass is 473 g/mol. The van der Waals surface area contributed by atoms with Crippen LogP contribution in [0.15, 0.2) is 24.4 Å². The third kappa shape index (κ3) is 3.76. The van der Waals surface area contributed by atoms with Crippen LogP contribution in [-0.4, -0.2) is 35.8 Å². The number of aromatic nitrogens is 5. The fraction of sp³-hybridized carbons (Fsp3) is 0.455. The highest BCUT2D eigenvalue weighted by Gasteiger charge is 2.51. The van der Waals surface area contributed by atoms with Crippen LogP contribution < -0.4 is 11.1 Å². The number of nitrogen functional groups attached to an aromatic ring is 1. The van der Waals surface area contributed by atoms with E-state index >= 15 is 0 Å². The van der Waals surface area contributed by atoms with Crippen molar-refractivity contribution in [1.82, 2.24) is 24.8 Å². The first-order valence-electron chi connectivity index (χ1n) is 10.8. The van der Waals surface area contributed by atoms with Crippen LogP contribution in [-0.2, 0) is 19.7 Å². The molecule has 174 valence electrons. The molecule has 1 amide bonds. The second-order valence-electron chi connectivity index (χ2n) is 9.20. The predicted molar refractivity (Wildman–Crippen MR) is 120 cm³/mol. The van der Waals surface area contributed by atoms with Crippen LogP contribution in [0.4, 0.5) is 15.9 Å². The minimum absolute atomic E-state index is 0.0486. The number of rotatable bonds is 4. The van der Waals surface area contributed by atoms with E-state index in [2.05, 4.69) is 20.6 Å². The highest BCUT2D eigenvalue weighted by molar-refractivity contribution is 6.31. The average molecular weight is 474 g/mol. The summed E-state index contributed by atoms with van der Waals surface area (Å²) in [6, 6.07) is 3.99. The summed E-state index contributed by atoms with van der Waals surface area (Å²) in [7, 11) is 3.43. The molecule has 1 aromatic carbocycles. The number of benzene rings is 1. The molecule has 0 bridgehead atoms. The molecule has 11 heteroatoms. The quantitative estimate of drug-likeness (QED) is 0.535. The summed E-state index contributed by atoms with van der Waals surface area (Å²) in [5.41, 5.74) is 7.20. The fourth-order valence-electron chi connectivity index (χ4n) is 5.50. The van der Waals surface area contributed by atoms with Crippen molar-refractivity contribution in [3.63, 3.8) is 0 Å². The molecule has 2 atom stereocenters. The van der Waals surface area contributed by atoms with E-state index in [9.17, 15) is 14.3 Å². The van der Waals surface area contributed by atoms with Crippen molar-refractivity contribution < 1.29 is 14.3 Å². The summed E-state index contributed by atoms with van der Waals surface area (Å²) in [6.07, 6.45) is 4.43. The van der Waals surface area contributed by atoms with Crippen molar-refractivity contribution >= 4 is 29.0 Å². The average Bonchev–Trinajstić information content (AvgIpc) is 3.48. The number of nitrogens with one attached hydrogen (secondary N) is 1. The number of amides is 1. The SMILES string of the molecule is Cn1ncc(C2(O)CC3CC(c4nn(C)c(N)c4C(=O)Nc4ccc(F)c(Cl)c4)CC3C2)n1. The Bertz CT molecular complexity index is 1230. The van der Waals surface area contributed by atoms with Gasteiger partial charge in [0.25, 0.3) is 5.91 Å². The topological polar surface area (TPSA) is 124 Å². The molecule has 33 heavy (non-hydrogen) atoms. The molecule has 2 saturated carbocycles. The molecule has 5 rings (SSSR count). The molecular weight excluding hydrogens is 449 g/mol. The normalized spacial score (nSPS) is 26.5. The van der Waals surface area contributed by atoms with Gasteiger partial charge in [-0.3, -0.25) is 9.48 Å². The zero-order valence-electron chi connectivity index (χ0n) is 18.3. The van der Waals surface area contributed by atoms with E-state index in [0.717, 1.165) is 12.8 Å². The first kappa shape index (κ1) is 21.8. The first-order chi connectivity index (χ1) is 15.6. The molecule has 0 aliphatic heterocycles. The molecule has 2 aliphatic rings. The minimum Gasteiger partial charge on any atom is -0.383 e. The van der Waals surface area contributed by atoms with E-state index in [4.69, 9.17) is 17.3 Å². The molecule has 4 N–H and O–H groups in total. The van der Waals surface area contributed by atoms with Gasteiger partial charge in [0.05, 0.1) is 16.9 Å². The number of halogens is 2. The van der Waals surface area contributed by atoms with Crippen molar-refractivity contribution in [2.75, 3.05) is 11.1 Å². The second-order valence-corrected chi connectivity index (χ2v) is 9.61. The fourth-order valence-corrected chi connectivity index (χ4v) is 5.68. The zero-order valence-corrected chi connectivity index (χ0v) is 19.1. The third-order valence-electron chi connectivity index (χ3n) is 7.03. The number of nitrogens with two attached hydrogens (primary N) is 1. The van der Waals surface area contributed by atoms with Crippen molar-refractivity contribution in [2.45, 2.75) is 37.2 Å². The Hall–Kier alpha value is -2.98. The molecule has 0 spiro atoms. The largest absolute Gasteiger partial charge is 0.383 e. The Kier molecular flexibility index (Phi) is 5.17. The molecule has 2 fully saturated rings. The van der Waals surface area contributed by atoms with Crippen LogP contribution in [0.2, 0.25) is 5.02 Å². The molecular formula is C22H25ClFN7O2. The van der Waals surface area contributed by atoms with E-state index < -0.39 is 17.3 Å². The molecule has 3 aromatic rings. The molecule has 2 heterocycles. The number of nitrogens with zero attached hydrogens (tertiary/aromatic N) is 5. The summed E-state index contributed by atoms with van der Waals surface area (Å²) < 4.78 is 15.0. The van der Waals surface area contributed by atoms with Crippen LogP contribution >= 0.6 is 11.6 Å². The Morgan fingerprint density at radius 3 is 2.58 bits per heavy atom. The van der Waals surface area contributed by atoms with Crippen LogP contribution in [0.5, 0.6) is 0 Å². The number of hydrogen-bond donors (Lipinski definition) is 3. The summed E-state index contributed by atoms with van der Waals surface area (Å²) in [5, 5.41) is 26.8. The highest BCUT2D eigenvalue weighted by atomic mass is 35.5. The lowest BCUT2D eigenvalue weighted by atomic mass is 9.90. The second kappa shape index (κ2) is 7.81. The van der Waals surface area contributed by atoms with Crippen LogP contribution in [0, 0.1) is 17.7 Å². The summed E-state index contributed by atoms with van der Waals surface area (Å²) in [4.78, 5) is 14.6. The maximum Gasteiger partial charge on any atom is 0.261 e.